The molecular weight excluding hydrogens is 257 g/mol. The first-order valence-corrected chi connectivity index (χ1v) is 6.02. The zero-order valence-corrected chi connectivity index (χ0v) is 11.2. The van der Waals surface area contributed by atoms with E-state index in [4.69, 9.17) is 23.2 Å². The quantitative estimate of drug-likeness (QED) is 0.886. The first kappa shape index (κ1) is 12.3. The van der Waals surface area contributed by atoms with Gasteiger partial charge in [-0.25, -0.2) is 0 Å². The van der Waals surface area contributed by atoms with Crippen LogP contribution in [-0.4, -0.2) is 10.2 Å². The number of hydrogen-bond acceptors (Lipinski definition) is 2. The molecule has 3 nitrogen and oxygen atoms in total. The second kappa shape index (κ2) is 4.98. The van der Waals surface area contributed by atoms with Crippen LogP contribution in [0.4, 0.5) is 5.69 Å². The van der Waals surface area contributed by atoms with E-state index < -0.39 is 0 Å². The van der Waals surface area contributed by atoms with Crippen LogP contribution < -0.4 is 5.32 Å². The number of aryl methyl sites for hydroxylation is 2. The predicted octanol–water partition coefficient (Wildman–Crippen LogP) is 3.95. The molecule has 90 valence electrons. The van der Waals surface area contributed by atoms with E-state index in [9.17, 15) is 0 Å². The Morgan fingerprint density at radius 3 is 2.65 bits per heavy atom. The van der Waals surface area contributed by atoms with Crippen molar-refractivity contribution in [2.45, 2.75) is 20.4 Å². The molecule has 17 heavy (non-hydrogen) atoms. The molecule has 0 unspecified atom stereocenters. The van der Waals surface area contributed by atoms with Gasteiger partial charge in [0.2, 0.25) is 0 Å². The number of hydrogen-bond donors (Lipinski definition) is 2. The second-order valence-corrected chi connectivity index (χ2v) is 4.77. The molecule has 0 saturated heterocycles. The Morgan fingerprint density at radius 2 is 2.00 bits per heavy atom. The van der Waals surface area contributed by atoms with Crippen LogP contribution in [0.25, 0.3) is 0 Å². The largest absolute Gasteiger partial charge is 0.380 e. The zero-order valence-electron chi connectivity index (χ0n) is 9.64. The van der Waals surface area contributed by atoms with E-state index in [1.54, 1.807) is 6.20 Å². The fraction of sp³-hybridized carbons (Fsp3) is 0.250. The highest BCUT2D eigenvalue weighted by molar-refractivity contribution is 6.35. The van der Waals surface area contributed by atoms with Gasteiger partial charge in [-0.15, -0.1) is 0 Å². The predicted molar refractivity (Wildman–Crippen MR) is 71.9 cm³/mol. The van der Waals surface area contributed by atoms with Crippen LogP contribution in [0.3, 0.4) is 0 Å². The Kier molecular flexibility index (Phi) is 3.60. The van der Waals surface area contributed by atoms with Crippen LogP contribution in [0.5, 0.6) is 0 Å². The number of halogens is 2. The number of benzene rings is 1. The van der Waals surface area contributed by atoms with Crippen molar-refractivity contribution in [2.24, 2.45) is 0 Å². The molecule has 0 radical (unpaired) electrons. The van der Waals surface area contributed by atoms with Crippen LogP contribution >= 0.6 is 23.2 Å². The molecule has 0 bridgehead atoms. The smallest absolute Gasteiger partial charge is 0.0641 e. The van der Waals surface area contributed by atoms with E-state index in [0.29, 0.717) is 16.6 Å². The highest BCUT2D eigenvalue weighted by Crippen LogP contribution is 2.29. The molecule has 1 aromatic carbocycles. The zero-order chi connectivity index (χ0) is 12.4. The molecule has 0 aliphatic rings. The summed E-state index contributed by atoms with van der Waals surface area (Å²) in [6, 6.07) is 3.70. The summed E-state index contributed by atoms with van der Waals surface area (Å²) in [7, 11) is 0. The minimum atomic E-state index is 0.668. The van der Waals surface area contributed by atoms with Crippen molar-refractivity contribution in [3.8, 4) is 0 Å². The lowest BCUT2D eigenvalue weighted by molar-refractivity contribution is 1.04. The van der Waals surface area contributed by atoms with Crippen molar-refractivity contribution in [3.63, 3.8) is 0 Å². The Labute approximate surface area is 110 Å². The lowest BCUT2D eigenvalue weighted by Crippen LogP contribution is -2.00. The molecule has 0 atom stereocenters. The summed E-state index contributed by atoms with van der Waals surface area (Å²) in [5.41, 5.74) is 3.97. The average molecular weight is 270 g/mol. The normalized spacial score (nSPS) is 10.6. The van der Waals surface area contributed by atoms with E-state index in [-0.39, 0.29) is 0 Å². The molecule has 1 aromatic heterocycles. The third-order valence-electron chi connectivity index (χ3n) is 2.65. The fourth-order valence-electron chi connectivity index (χ4n) is 1.53. The third kappa shape index (κ3) is 2.73. The van der Waals surface area contributed by atoms with Crippen LogP contribution in [0, 0.1) is 13.8 Å². The molecule has 0 amide bonds. The number of nitrogens with zero attached hydrogens (tertiary/aromatic N) is 1. The van der Waals surface area contributed by atoms with Crippen molar-refractivity contribution >= 4 is 28.9 Å². The monoisotopic (exact) mass is 269 g/mol. The van der Waals surface area contributed by atoms with E-state index in [1.165, 1.54) is 0 Å². The number of anilines is 1. The number of rotatable bonds is 3. The lowest BCUT2D eigenvalue weighted by atomic mass is 10.2. The first-order valence-electron chi connectivity index (χ1n) is 5.26. The topological polar surface area (TPSA) is 40.7 Å². The van der Waals surface area contributed by atoms with Crippen molar-refractivity contribution < 1.29 is 0 Å². The fourth-order valence-corrected chi connectivity index (χ4v) is 1.97. The summed E-state index contributed by atoms with van der Waals surface area (Å²) in [6.07, 6.45) is 1.80. The van der Waals surface area contributed by atoms with Crippen LogP contribution in [0.1, 0.15) is 16.8 Å². The maximum absolute atomic E-state index is 6.14. The van der Waals surface area contributed by atoms with Gasteiger partial charge < -0.3 is 5.32 Å². The summed E-state index contributed by atoms with van der Waals surface area (Å²) in [6.45, 7) is 4.58. The van der Waals surface area contributed by atoms with Gasteiger partial charge in [0.25, 0.3) is 0 Å². The standard InChI is InChI=1S/C12H13Cl2N3/c1-7-3-11(14)12(4-10(7)13)15-5-9-6-16-17-8(9)2/h3-4,6,15H,5H2,1-2H3,(H,16,17). The Hall–Kier alpha value is -1.19. The molecule has 0 saturated carbocycles. The van der Waals surface area contributed by atoms with E-state index in [2.05, 4.69) is 15.5 Å². The molecule has 0 spiro atoms. The van der Waals surface area contributed by atoms with Gasteiger partial charge in [-0.2, -0.15) is 5.10 Å². The van der Waals surface area contributed by atoms with Gasteiger partial charge in [0.1, 0.15) is 0 Å². The van der Waals surface area contributed by atoms with Crippen LogP contribution in [-0.2, 0) is 6.54 Å². The molecule has 2 rings (SSSR count). The van der Waals surface area contributed by atoms with Crippen molar-refractivity contribution in [2.75, 3.05) is 5.32 Å². The van der Waals surface area contributed by atoms with E-state index >= 15 is 0 Å². The average Bonchev–Trinajstić information content (AvgIpc) is 2.68. The maximum Gasteiger partial charge on any atom is 0.0641 e. The molecule has 5 heteroatoms. The third-order valence-corrected chi connectivity index (χ3v) is 3.37. The van der Waals surface area contributed by atoms with Gasteiger partial charge in [0.15, 0.2) is 0 Å². The number of nitrogens with one attached hydrogen (secondary N) is 2. The molecule has 1 heterocycles. The summed E-state index contributed by atoms with van der Waals surface area (Å²) >= 11 is 12.2. The number of aromatic amines is 1. The minimum Gasteiger partial charge on any atom is -0.380 e. The van der Waals surface area contributed by atoms with Crippen molar-refractivity contribution in [1.29, 1.82) is 0 Å². The Morgan fingerprint density at radius 1 is 1.24 bits per heavy atom. The van der Waals surface area contributed by atoms with Gasteiger partial charge >= 0.3 is 0 Å². The number of aromatic nitrogens is 2. The van der Waals surface area contributed by atoms with E-state index in [0.717, 1.165) is 22.5 Å². The second-order valence-electron chi connectivity index (χ2n) is 3.96. The van der Waals surface area contributed by atoms with Crippen molar-refractivity contribution in [1.82, 2.24) is 10.2 Å². The summed E-state index contributed by atoms with van der Waals surface area (Å²) in [4.78, 5) is 0. The van der Waals surface area contributed by atoms with Crippen LogP contribution in [0.15, 0.2) is 18.3 Å². The Balaban J connectivity index is 2.14. The van der Waals surface area contributed by atoms with E-state index in [1.807, 2.05) is 26.0 Å². The molecule has 0 aliphatic heterocycles. The summed E-state index contributed by atoms with van der Waals surface area (Å²) in [5.74, 6) is 0. The van der Waals surface area contributed by atoms with Gasteiger partial charge in [0, 0.05) is 22.8 Å². The summed E-state index contributed by atoms with van der Waals surface area (Å²) < 4.78 is 0. The minimum absolute atomic E-state index is 0.668. The maximum atomic E-state index is 6.14. The van der Waals surface area contributed by atoms with Crippen LogP contribution in [0.2, 0.25) is 10.0 Å². The van der Waals surface area contributed by atoms with Crippen molar-refractivity contribution in [3.05, 3.63) is 45.2 Å². The SMILES string of the molecule is Cc1cc(Cl)c(NCc2cn[nH]c2C)cc1Cl. The highest BCUT2D eigenvalue weighted by Gasteiger charge is 2.06. The van der Waals surface area contributed by atoms with Gasteiger partial charge in [-0.3, -0.25) is 5.10 Å². The highest BCUT2D eigenvalue weighted by atomic mass is 35.5. The van der Waals surface area contributed by atoms with Gasteiger partial charge in [0.05, 0.1) is 16.9 Å². The molecule has 0 fully saturated rings. The molecule has 2 N–H and O–H groups in total. The molecule has 2 aromatic rings. The Bertz CT molecular complexity index is 535. The van der Waals surface area contributed by atoms with Gasteiger partial charge in [-0.05, 0) is 31.5 Å². The number of H-pyrrole nitrogens is 1. The van der Waals surface area contributed by atoms with Gasteiger partial charge in [-0.1, -0.05) is 23.2 Å². The molecule has 0 aliphatic carbocycles. The summed E-state index contributed by atoms with van der Waals surface area (Å²) in [5, 5.41) is 11.5. The molecular formula is C12H13Cl2N3. The first-order chi connectivity index (χ1) is 8.08. The lowest BCUT2D eigenvalue weighted by Gasteiger charge is -2.09.